The van der Waals surface area contributed by atoms with Gasteiger partial charge in [-0.25, -0.2) is 8.78 Å². The minimum absolute atomic E-state index is 0.0611. The highest BCUT2D eigenvalue weighted by Crippen LogP contribution is 2.28. The van der Waals surface area contributed by atoms with Crippen LogP contribution in [0.3, 0.4) is 0 Å². The second-order valence-electron chi connectivity index (χ2n) is 5.30. The van der Waals surface area contributed by atoms with Crippen molar-refractivity contribution < 1.29 is 13.6 Å². The van der Waals surface area contributed by atoms with Gasteiger partial charge in [-0.15, -0.1) is 0 Å². The smallest absolute Gasteiger partial charge is 0.251 e. The van der Waals surface area contributed by atoms with E-state index in [0.717, 1.165) is 6.07 Å². The van der Waals surface area contributed by atoms with E-state index in [1.165, 1.54) is 24.4 Å². The van der Waals surface area contributed by atoms with Gasteiger partial charge in [0, 0.05) is 22.9 Å². The molecule has 0 saturated heterocycles. The number of rotatable bonds is 3. The standard InChI is InChI=1S/C19H11F2N3O/c20-14-4-1-12(2-5-14)17-6-3-13(10-24-17)15-7-11(9-22)8-16(18(15)21)19(23)25/h1-8,10H,(H2,23,25). The van der Waals surface area contributed by atoms with Crippen LogP contribution in [0, 0.1) is 23.0 Å². The van der Waals surface area contributed by atoms with Crippen LogP contribution in [0.2, 0.25) is 0 Å². The van der Waals surface area contributed by atoms with Crippen LogP contribution in [-0.4, -0.2) is 10.9 Å². The van der Waals surface area contributed by atoms with E-state index < -0.39 is 11.7 Å². The number of amides is 1. The number of carbonyl (C=O) groups excluding carboxylic acids is 1. The molecule has 0 aliphatic rings. The Balaban J connectivity index is 2.06. The molecule has 1 amide bonds. The van der Waals surface area contributed by atoms with Crippen LogP contribution in [0.25, 0.3) is 22.4 Å². The van der Waals surface area contributed by atoms with Crippen molar-refractivity contribution in [2.45, 2.75) is 0 Å². The number of nitriles is 1. The fourth-order valence-electron chi connectivity index (χ4n) is 2.42. The van der Waals surface area contributed by atoms with Gasteiger partial charge in [0.2, 0.25) is 0 Å². The highest BCUT2D eigenvalue weighted by molar-refractivity contribution is 5.95. The summed E-state index contributed by atoms with van der Waals surface area (Å²) < 4.78 is 27.5. The van der Waals surface area contributed by atoms with Crippen molar-refractivity contribution in [1.29, 1.82) is 5.26 Å². The predicted molar refractivity (Wildman–Crippen MR) is 88.3 cm³/mol. The topological polar surface area (TPSA) is 79.8 Å². The zero-order valence-electron chi connectivity index (χ0n) is 12.8. The summed E-state index contributed by atoms with van der Waals surface area (Å²) in [5, 5.41) is 9.05. The van der Waals surface area contributed by atoms with Crippen molar-refractivity contribution in [3.05, 3.63) is 77.5 Å². The minimum Gasteiger partial charge on any atom is -0.366 e. The van der Waals surface area contributed by atoms with Gasteiger partial charge in [0.05, 0.1) is 22.9 Å². The maximum absolute atomic E-state index is 14.5. The number of aromatic nitrogens is 1. The van der Waals surface area contributed by atoms with E-state index >= 15 is 0 Å². The Morgan fingerprint density at radius 1 is 1.04 bits per heavy atom. The average Bonchev–Trinajstić information content (AvgIpc) is 2.62. The summed E-state index contributed by atoms with van der Waals surface area (Å²) in [5.74, 6) is -2.11. The Morgan fingerprint density at radius 2 is 1.72 bits per heavy atom. The lowest BCUT2D eigenvalue weighted by molar-refractivity contribution is 0.0996. The first-order valence-corrected chi connectivity index (χ1v) is 7.25. The van der Waals surface area contributed by atoms with Gasteiger partial charge < -0.3 is 5.73 Å². The van der Waals surface area contributed by atoms with E-state index in [-0.39, 0.29) is 22.5 Å². The van der Waals surface area contributed by atoms with Gasteiger partial charge in [0.1, 0.15) is 11.6 Å². The quantitative estimate of drug-likeness (QED) is 0.793. The molecule has 4 nitrogen and oxygen atoms in total. The molecule has 0 fully saturated rings. The second-order valence-corrected chi connectivity index (χ2v) is 5.30. The molecule has 25 heavy (non-hydrogen) atoms. The molecule has 0 aliphatic heterocycles. The van der Waals surface area contributed by atoms with Gasteiger partial charge in [-0.05, 0) is 42.5 Å². The highest BCUT2D eigenvalue weighted by atomic mass is 19.1. The van der Waals surface area contributed by atoms with Crippen LogP contribution in [-0.2, 0) is 0 Å². The molecule has 3 rings (SSSR count). The maximum atomic E-state index is 14.5. The van der Waals surface area contributed by atoms with Gasteiger partial charge in [0.15, 0.2) is 0 Å². The summed E-state index contributed by atoms with van der Waals surface area (Å²) >= 11 is 0. The maximum Gasteiger partial charge on any atom is 0.251 e. The fourth-order valence-corrected chi connectivity index (χ4v) is 2.42. The summed E-state index contributed by atoms with van der Waals surface area (Å²) in [5.41, 5.74) is 6.67. The number of halogens is 2. The van der Waals surface area contributed by atoms with E-state index in [0.29, 0.717) is 16.8 Å². The Bertz CT molecular complexity index is 991. The van der Waals surface area contributed by atoms with E-state index in [4.69, 9.17) is 11.0 Å². The zero-order valence-corrected chi connectivity index (χ0v) is 12.8. The molecular weight excluding hydrogens is 324 g/mol. The third-order valence-corrected chi connectivity index (χ3v) is 3.68. The molecule has 0 aliphatic carbocycles. The van der Waals surface area contributed by atoms with Gasteiger partial charge in [-0.2, -0.15) is 5.26 Å². The molecule has 122 valence electrons. The number of hydrogen-bond donors (Lipinski definition) is 1. The summed E-state index contributed by atoms with van der Waals surface area (Å²) in [7, 11) is 0. The first-order chi connectivity index (χ1) is 12.0. The third-order valence-electron chi connectivity index (χ3n) is 3.68. The number of carbonyl (C=O) groups is 1. The number of primary amides is 1. The largest absolute Gasteiger partial charge is 0.366 e. The minimum atomic E-state index is -0.952. The van der Waals surface area contributed by atoms with Crippen LogP contribution in [0.15, 0.2) is 54.7 Å². The summed E-state index contributed by atoms with van der Waals surface area (Å²) in [6.45, 7) is 0. The molecule has 6 heteroatoms. The molecule has 0 spiro atoms. The van der Waals surface area contributed by atoms with Gasteiger partial charge in [0.25, 0.3) is 5.91 Å². The normalized spacial score (nSPS) is 10.3. The molecule has 2 N–H and O–H groups in total. The lowest BCUT2D eigenvalue weighted by atomic mass is 9.99. The summed E-state index contributed by atoms with van der Waals surface area (Å²) in [4.78, 5) is 15.6. The monoisotopic (exact) mass is 335 g/mol. The van der Waals surface area contributed by atoms with Crippen LogP contribution >= 0.6 is 0 Å². The number of pyridine rings is 1. The Kier molecular flexibility index (Phi) is 4.23. The Hall–Kier alpha value is -3.59. The molecule has 1 heterocycles. The molecular formula is C19H11F2N3O. The molecule has 1 aromatic heterocycles. The second kappa shape index (κ2) is 6.49. The van der Waals surface area contributed by atoms with Crippen molar-refractivity contribution in [2.75, 3.05) is 0 Å². The predicted octanol–water partition coefficient (Wildman–Crippen LogP) is 3.66. The van der Waals surface area contributed by atoms with Gasteiger partial charge in [-0.1, -0.05) is 6.07 Å². The van der Waals surface area contributed by atoms with Gasteiger partial charge >= 0.3 is 0 Å². The van der Waals surface area contributed by atoms with Crippen LogP contribution in [0.4, 0.5) is 8.78 Å². The molecule has 0 atom stereocenters. The van der Waals surface area contributed by atoms with Crippen molar-refractivity contribution in [3.8, 4) is 28.5 Å². The average molecular weight is 335 g/mol. The number of nitrogens with two attached hydrogens (primary N) is 1. The fraction of sp³-hybridized carbons (Fsp3) is 0. The van der Waals surface area contributed by atoms with E-state index in [2.05, 4.69) is 4.98 Å². The number of benzene rings is 2. The van der Waals surface area contributed by atoms with Crippen LogP contribution < -0.4 is 5.73 Å². The summed E-state index contributed by atoms with van der Waals surface area (Å²) in [6.07, 6.45) is 1.42. The van der Waals surface area contributed by atoms with Crippen molar-refractivity contribution >= 4 is 5.91 Å². The molecule has 0 bridgehead atoms. The molecule has 0 saturated carbocycles. The lowest BCUT2D eigenvalue weighted by Gasteiger charge is -2.08. The molecule has 0 radical (unpaired) electrons. The van der Waals surface area contributed by atoms with Crippen molar-refractivity contribution in [1.82, 2.24) is 4.98 Å². The molecule has 0 unspecified atom stereocenters. The Morgan fingerprint density at radius 3 is 2.28 bits per heavy atom. The summed E-state index contributed by atoms with van der Waals surface area (Å²) in [6, 6.07) is 13.4. The first kappa shape index (κ1) is 16.3. The van der Waals surface area contributed by atoms with Gasteiger partial charge in [-0.3, -0.25) is 9.78 Å². The third kappa shape index (κ3) is 3.21. The first-order valence-electron chi connectivity index (χ1n) is 7.25. The molecule has 3 aromatic rings. The van der Waals surface area contributed by atoms with Crippen LogP contribution in [0.5, 0.6) is 0 Å². The zero-order chi connectivity index (χ0) is 18.0. The Labute approximate surface area is 142 Å². The van der Waals surface area contributed by atoms with E-state index in [1.54, 1.807) is 24.3 Å². The van der Waals surface area contributed by atoms with Crippen molar-refractivity contribution in [3.63, 3.8) is 0 Å². The van der Waals surface area contributed by atoms with Crippen LogP contribution in [0.1, 0.15) is 15.9 Å². The highest BCUT2D eigenvalue weighted by Gasteiger charge is 2.16. The number of hydrogen-bond acceptors (Lipinski definition) is 3. The number of nitrogens with zero attached hydrogens (tertiary/aromatic N) is 2. The van der Waals surface area contributed by atoms with E-state index in [1.807, 2.05) is 6.07 Å². The SMILES string of the molecule is N#Cc1cc(C(N)=O)c(F)c(-c2ccc(-c3ccc(F)cc3)nc2)c1. The lowest BCUT2D eigenvalue weighted by Crippen LogP contribution is -2.14. The molecule has 2 aromatic carbocycles. The van der Waals surface area contributed by atoms with E-state index in [9.17, 15) is 13.6 Å². The van der Waals surface area contributed by atoms with Crippen molar-refractivity contribution in [2.24, 2.45) is 5.73 Å².